The van der Waals surface area contributed by atoms with Crippen LogP contribution < -0.4 is 0 Å². The summed E-state index contributed by atoms with van der Waals surface area (Å²) in [6.07, 6.45) is 0.444. The highest BCUT2D eigenvalue weighted by atomic mass is 32.2. The molecule has 0 bridgehead atoms. The molecule has 4 nitrogen and oxygen atoms in total. The lowest BCUT2D eigenvalue weighted by molar-refractivity contribution is -0.132. The summed E-state index contributed by atoms with van der Waals surface area (Å²) in [4.78, 5) is 14.5. The van der Waals surface area contributed by atoms with Gasteiger partial charge in [-0.25, -0.2) is 8.42 Å². The van der Waals surface area contributed by atoms with E-state index in [0.717, 1.165) is 11.1 Å². The normalized spacial score (nSPS) is 21.3. The largest absolute Gasteiger partial charge is 0.341 e. The first-order valence-corrected chi connectivity index (χ1v) is 10.3. The molecule has 2 unspecified atom stereocenters. The second-order valence-electron chi connectivity index (χ2n) is 6.51. The summed E-state index contributed by atoms with van der Waals surface area (Å²) in [6.45, 7) is 2.61. The number of hydrogen-bond donors (Lipinski definition) is 0. The summed E-state index contributed by atoms with van der Waals surface area (Å²) in [5, 5.41) is -0.529. The van der Waals surface area contributed by atoms with Crippen LogP contribution in [0.15, 0.2) is 60.7 Å². The van der Waals surface area contributed by atoms with Crippen LogP contribution >= 0.6 is 0 Å². The van der Waals surface area contributed by atoms with Crippen molar-refractivity contribution in [3.8, 4) is 0 Å². The fourth-order valence-electron chi connectivity index (χ4n) is 3.36. The van der Waals surface area contributed by atoms with Crippen LogP contribution in [0.25, 0.3) is 0 Å². The van der Waals surface area contributed by atoms with Gasteiger partial charge in [0.1, 0.15) is 0 Å². The van der Waals surface area contributed by atoms with Crippen LogP contribution in [0.4, 0.5) is 0 Å². The molecule has 1 saturated heterocycles. The van der Waals surface area contributed by atoms with Crippen LogP contribution in [-0.4, -0.2) is 38.1 Å². The Balaban J connectivity index is 1.77. The Kier molecular flexibility index (Phi) is 5.23. The molecule has 5 heteroatoms. The zero-order valence-corrected chi connectivity index (χ0v) is 15.2. The topological polar surface area (TPSA) is 54.5 Å². The van der Waals surface area contributed by atoms with Gasteiger partial charge in [0.15, 0.2) is 9.84 Å². The molecule has 0 radical (unpaired) electrons. The van der Waals surface area contributed by atoms with Gasteiger partial charge in [0.2, 0.25) is 5.91 Å². The minimum Gasteiger partial charge on any atom is -0.341 e. The monoisotopic (exact) mass is 357 g/mol. The van der Waals surface area contributed by atoms with Crippen molar-refractivity contribution in [1.29, 1.82) is 0 Å². The van der Waals surface area contributed by atoms with Crippen LogP contribution in [0, 0.1) is 0 Å². The van der Waals surface area contributed by atoms with E-state index in [9.17, 15) is 13.2 Å². The van der Waals surface area contributed by atoms with Crippen molar-refractivity contribution < 1.29 is 13.2 Å². The highest BCUT2D eigenvalue weighted by molar-refractivity contribution is 7.91. The molecule has 2 atom stereocenters. The Morgan fingerprint density at radius 1 is 1.00 bits per heavy atom. The summed E-state index contributed by atoms with van der Waals surface area (Å²) < 4.78 is 25.3. The van der Waals surface area contributed by atoms with E-state index in [4.69, 9.17) is 0 Å². The van der Waals surface area contributed by atoms with Gasteiger partial charge in [-0.15, -0.1) is 0 Å². The third-order valence-electron chi connectivity index (χ3n) is 4.89. The number of sulfone groups is 1. The number of benzene rings is 2. The maximum atomic E-state index is 12.8. The van der Waals surface area contributed by atoms with Crippen molar-refractivity contribution in [3.05, 3.63) is 71.8 Å². The Bertz CT molecular complexity index is 819. The summed E-state index contributed by atoms with van der Waals surface area (Å²) in [5.41, 5.74) is 1.77. The third-order valence-corrected chi connectivity index (χ3v) is 7.02. The van der Waals surface area contributed by atoms with E-state index in [-0.39, 0.29) is 24.1 Å². The molecule has 0 spiro atoms. The van der Waals surface area contributed by atoms with E-state index < -0.39 is 15.1 Å². The van der Waals surface area contributed by atoms with Gasteiger partial charge in [0.25, 0.3) is 0 Å². The average molecular weight is 357 g/mol. The van der Waals surface area contributed by atoms with E-state index >= 15 is 0 Å². The van der Waals surface area contributed by atoms with Gasteiger partial charge >= 0.3 is 0 Å². The van der Waals surface area contributed by atoms with Crippen LogP contribution in [0.5, 0.6) is 0 Å². The van der Waals surface area contributed by atoms with E-state index in [1.54, 1.807) is 4.90 Å². The molecule has 1 amide bonds. The highest BCUT2D eigenvalue weighted by Gasteiger charge is 2.33. The Hall–Kier alpha value is -2.14. The smallest absolute Gasteiger partial charge is 0.229 e. The number of hydrogen-bond acceptors (Lipinski definition) is 3. The molecule has 3 rings (SSSR count). The van der Waals surface area contributed by atoms with E-state index in [0.29, 0.717) is 13.0 Å². The first kappa shape index (κ1) is 17.7. The Morgan fingerprint density at radius 2 is 1.60 bits per heavy atom. The lowest BCUT2D eigenvalue weighted by Gasteiger charge is -2.24. The van der Waals surface area contributed by atoms with Gasteiger partial charge in [-0.05, 0) is 24.5 Å². The van der Waals surface area contributed by atoms with Gasteiger partial charge < -0.3 is 4.90 Å². The molecule has 2 aromatic rings. The fourth-order valence-corrected chi connectivity index (χ4v) is 5.16. The fraction of sp³-hybridized carbons (Fsp3) is 0.350. The number of carbonyl (C=O) groups excluding carboxylic acids is 1. The van der Waals surface area contributed by atoms with E-state index in [2.05, 4.69) is 0 Å². The number of rotatable bonds is 3. The second kappa shape index (κ2) is 7.40. The third kappa shape index (κ3) is 3.93. The minimum absolute atomic E-state index is 0.00453. The molecule has 0 aliphatic carbocycles. The zero-order valence-electron chi connectivity index (χ0n) is 14.3. The number of amides is 1. The number of nitrogens with zero attached hydrogens (tertiary/aromatic N) is 1. The van der Waals surface area contributed by atoms with Crippen molar-refractivity contribution in [1.82, 2.24) is 4.90 Å². The molecule has 0 N–H and O–H groups in total. The van der Waals surface area contributed by atoms with Crippen LogP contribution in [0.1, 0.15) is 35.6 Å². The summed E-state index contributed by atoms with van der Waals surface area (Å²) in [5.74, 6) is -0.257. The number of carbonyl (C=O) groups is 1. The first-order valence-electron chi connectivity index (χ1n) is 8.59. The quantitative estimate of drug-likeness (QED) is 0.848. The van der Waals surface area contributed by atoms with Gasteiger partial charge in [-0.2, -0.15) is 0 Å². The maximum absolute atomic E-state index is 12.8. The van der Waals surface area contributed by atoms with Crippen molar-refractivity contribution >= 4 is 15.7 Å². The van der Waals surface area contributed by atoms with Gasteiger partial charge in [0, 0.05) is 13.1 Å². The predicted octanol–water partition coefficient (Wildman–Crippen LogP) is 3.18. The van der Waals surface area contributed by atoms with Crippen LogP contribution in [0.2, 0.25) is 0 Å². The van der Waals surface area contributed by atoms with Gasteiger partial charge in [0.05, 0.1) is 16.9 Å². The average Bonchev–Trinajstić information content (AvgIpc) is 2.80. The summed E-state index contributed by atoms with van der Waals surface area (Å²) in [6, 6.07) is 18.9. The minimum atomic E-state index is -3.26. The highest BCUT2D eigenvalue weighted by Crippen LogP contribution is 2.30. The lowest BCUT2D eigenvalue weighted by Crippen LogP contribution is -2.36. The summed E-state index contributed by atoms with van der Waals surface area (Å²) in [7, 11) is -3.26. The lowest BCUT2D eigenvalue weighted by atomic mass is 9.99. The van der Waals surface area contributed by atoms with E-state index in [1.807, 2.05) is 67.6 Å². The molecular formula is C20H23NO3S. The van der Waals surface area contributed by atoms with Gasteiger partial charge in [-0.3, -0.25) is 4.79 Å². The Labute approximate surface area is 149 Å². The molecule has 25 heavy (non-hydrogen) atoms. The standard InChI is InChI=1S/C20H23NO3S/c1-16(17-8-4-2-5-9-17)20(22)21-13-12-19(25(23,24)15-14-21)18-10-6-3-7-11-18/h2-11,16,19H,12-15H2,1H3. The molecule has 2 aromatic carbocycles. The first-order chi connectivity index (χ1) is 12.0. The van der Waals surface area contributed by atoms with Crippen molar-refractivity contribution in [2.45, 2.75) is 24.5 Å². The van der Waals surface area contributed by atoms with Crippen molar-refractivity contribution in [2.75, 3.05) is 18.8 Å². The zero-order chi connectivity index (χ0) is 17.9. The molecular weight excluding hydrogens is 334 g/mol. The SMILES string of the molecule is CC(C(=O)N1CCC(c2ccccc2)S(=O)(=O)CC1)c1ccccc1. The Morgan fingerprint density at radius 3 is 2.24 bits per heavy atom. The molecule has 0 saturated carbocycles. The molecule has 1 aliphatic heterocycles. The van der Waals surface area contributed by atoms with E-state index in [1.165, 1.54) is 0 Å². The predicted molar refractivity (Wildman–Crippen MR) is 99.0 cm³/mol. The summed E-state index contributed by atoms with van der Waals surface area (Å²) >= 11 is 0. The molecule has 1 fully saturated rings. The van der Waals surface area contributed by atoms with Crippen LogP contribution in [-0.2, 0) is 14.6 Å². The molecule has 1 aliphatic rings. The second-order valence-corrected chi connectivity index (χ2v) is 8.82. The molecule has 1 heterocycles. The van der Waals surface area contributed by atoms with Gasteiger partial charge in [-0.1, -0.05) is 60.7 Å². The molecule has 132 valence electrons. The van der Waals surface area contributed by atoms with Crippen LogP contribution in [0.3, 0.4) is 0 Å². The molecule has 0 aromatic heterocycles. The van der Waals surface area contributed by atoms with Crippen molar-refractivity contribution in [2.24, 2.45) is 0 Å². The van der Waals surface area contributed by atoms with Crippen molar-refractivity contribution in [3.63, 3.8) is 0 Å². The maximum Gasteiger partial charge on any atom is 0.229 e.